The summed E-state index contributed by atoms with van der Waals surface area (Å²) >= 11 is 0. The molecule has 1 aromatic carbocycles. The van der Waals surface area contributed by atoms with Crippen LogP contribution in [-0.4, -0.2) is 52.0 Å². The molecule has 0 bridgehead atoms. The number of methoxy groups -OCH3 is 2. The zero-order chi connectivity index (χ0) is 17.6. The zero-order valence-electron chi connectivity index (χ0n) is 13.7. The van der Waals surface area contributed by atoms with Crippen LogP contribution in [0, 0.1) is 13.8 Å². The van der Waals surface area contributed by atoms with Gasteiger partial charge in [0.15, 0.2) is 0 Å². The lowest BCUT2D eigenvalue weighted by Crippen LogP contribution is -2.37. The van der Waals surface area contributed by atoms with Crippen LogP contribution in [0.3, 0.4) is 0 Å². The normalized spacial score (nSPS) is 11.3. The van der Waals surface area contributed by atoms with E-state index in [1.807, 2.05) is 6.92 Å². The highest BCUT2D eigenvalue weighted by Gasteiger charge is 2.27. The Hall–Kier alpha value is -1.93. The first kappa shape index (κ1) is 19.1. The van der Waals surface area contributed by atoms with Crippen LogP contribution in [0.15, 0.2) is 23.1 Å². The van der Waals surface area contributed by atoms with Gasteiger partial charge in [0.2, 0.25) is 10.0 Å². The van der Waals surface area contributed by atoms with Gasteiger partial charge in [-0.1, -0.05) is 6.07 Å². The maximum absolute atomic E-state index is 12.7. The Morgan fingerprint density at radius 1 is 1.04 bits per heavy atom. The number of hydrogen-bond donors (Lipinski definition) is 0. The minimum atomic E-state index is -3.92. The van der Waals surface area contributed by atoms with E-state index in [0.29, 0.717) is 0 Å². The van der Waals surface area contributed by atoms with Crippen molar-refractivity contribution in [2.24, 2.45) is 0 Å². The highest BCUT2D eigenvalue weighted by Crippen LogP contribution is 2.19. The number of carbonyl (C=O) groups excluding carboxylic acids is 2. The summed E-state index contributed by atoms with van der Waals surface area (Å²) in [6.45, 7) is 3.03. The molecule has 0 atom stereocenters. The summed E-state index contributed by atoms with van der Waals surface area (Å²) in [5, 5.41) is 0. The lowest BCUT2D eigenvalue weighted by Gasteiger charge is -2.21. The van der Waals surface area contributed by atoms with E-state index >= 15 is 0 Å². The summed E-state index contributed by atoms with van der Waals surface area (Å²) in [7, 11) is -1.54. The second-order valence-electron chi connectivity index (χ2n) is 4.99. The third-order valence-electron chi connectivity index (χ3n) is 3.44. The third-order valence-corrected chi connectivity index (χ3v) is 5.28. The number of benzene rings is 1. The summed E-state index contributed by atoms with van der Waals surface area (Å²) < 4.78 is 35.4. The average Bonchev–Trinajstić information content (AvgIpc) is 2.52. The molecule has 0 saturated heterocycles. The van der Waals surface area contributed by atoms with E-state index in [1.54, 1.807) is 13.0 Å². The van der Waals surface area contributed by atoms with Crippen molar-refractivity contribution in [2.45, 2.75) is 25.2 Å². The van der Waals surface area contributed by atoms with Gasteiger partial charge in [-0.2, -0.15) is 4.31 Å². The van der Waals surface area contributed by atoms with Crippen LogP contribution in [0.2, 0.25) is 0 Å². The predicted octanol–water partition coefficient (Wildman–Crippen LogP) is 1.03. The van der Waals surface area contributed by atoms with Crippen molar-refractivity contribution in [2.75, 3.05) is 27.3 Å². The van der Waals surface area contributed by atoms with Crippen LogP contribution in [0.5, 0.6) is 0 Å². The Morgan fingerprint density at radius 3 is 2.17 bits per heavy atom. The molecule has 0 aliphatic heterocycles. The molecular weight excluding hydrogens is 322 g/mol. The number of hydrogen-bond acceptors (Lipinski definition) is 6. The van der Waals surface area contributed by atoms with Gasteiger partial charge in [0.05, 0.1) is 25.5 Å². The maximum Gasteiger partial charge on any atom is 0.321 e. The number of sulfonamides is 1. The van der Waals surface area contributed by atoms with E-state index in [-0.39, 0.29) is 17.9 Å². The Morgan fingerprint density at radius 2 is 1.65 bits per heavy atom. The number of esters is 2. The van der Waals surface area contributed by atoms with E-state index in [2.05, 4.69) is 9.47 Å². The van der Waals surface area contributed by atoms with Gasteiger partial charge in [-0.25, -0.2) is 8.42 Å². The first-order valence-electron chi connectivity index (χ1n) is 6.93. The Kier molecular flexibility index (Phi) is 6.71. The Labute approximate surface area is 136 Å². The van der Waals surface area contributed by atoms with Crippen molar-refractivity contribution in [3.05, 3.63) is 29.3 Å². The molecule has 0 aliphatic rings. The molecule has 0 heterocycles. The van der Waals surface area contributed by atoms with Crippen LogP contribution in [0.4, 0.5) is 0 Å². The lowest BCUT2D eigenvalue weighted by atomic mass is 10.1. The lowest BCUT2D eigenvalue weighted by molar-refractivity contribution is -0.143. The SMILES string of the molecule is COC(=O)CCN(CC(=O)OC)S(=O)(=O)c1ccc(C)c(C)c1. The molecule has 0 N–H and O–H groups in total. The minimum absolute atomic E-state index is 0.0642. The van der Waals surface area contributed by atoms with Gasteiger partial charge in [0.1, 0.15) is 6.54 Å². The van der Waals surface area contributed by atoms with Crippen molar-refractivity contribution >= 4 is 22.0 Å². The number of ether oxygens (including phenoxy) is 2. The van der Waals surface area contributed by atoms with Crippen LogP contribution in [0.1, 0.15) is 17.5 Å². The molecule has 23 heavy (non-hydrogen) atoms. The second kappa shape index (κ2) is 8.07. The molecule has 0 radical (unpaired) electrons. The fourth-order valence-electron chi connectivity index (χ4n) is 1.83. The van der Waals surface area contributed by atoms with Crippen LogP contribution >= 0.6 is 0 Å². The van der Waals surface area contributed by atoms with E-state index in [9.17, 15) is 18.0 Å². The van der Waals surface area contributed by atoms with Gasteiger partial charge >= 0.3 is 11.9 Å². The topological polar surface area (TPSA) is 90.0 Å². The smallest absolute Gasteiger partial charge is 0.321 e. The molecule has 0 fully saturated rings. The molecule has 0 aromatic heterocycles. The van der Waals surface area contributed by atoms with Crippen LogP contribution in [0.25, 0.3) is 0 Å². The fraction of sp³-hybridized carbons (Fsp3) is 0.467. The fourth-order valence-corrected chi connectivity index (χ4v) is 3.31. The maximum atomic E-state index is 12.7. The van der Waals surface area contributed by atoms with E-state index in [0.717, 1.165) is 15.4 Å². The second-order valence-corrected chi connectivity index (χ2v) is 6.92. The molecule has 8 heteroatoms. The third kappa shape index (κ3) is 5.04. The molecule has 0 aliphatic carbocycles. The summed E-state index contributed by atoms with van der Waals surface area (Å²) in [4.78, 5) is 22.8. The molecule has 1 aromatic rings. The monoisotopic (exact) mass is 343 g/mol. The Balaban J connectivity index is 3.12. The molecule has 7 nitrogen and oxygen atoms in total. The van der Waals surface area contributed by atoms with Gasteiger partial charge in [-0.3, -0.25) is 9.59 Å². The number of carbonyl (C=O) groups is 2. The largest absolute Gasteiger partial charge is 0.469 e. The van der Waals surface area contributed by atoms with Gasteiger partial charge in [0.25, 0.3) is 0 Å². The van der Waals surface area contributed by atoms with E-state index in [1.165, 1.54) is 26.4 Å². The summed E-state index contributed by atoms with van der Waals surface area (Å²) in [6, 6.07) is 4.70. The van der Waals surface area contributed by atoms with Crippen LogP contribution < -0.4 is 0 Å². The summed E-state index contributed by atoms with van der Waals surface area (Å²) in [5.41, 5.74) is 1.77. The summed E-state index contributed by atoms with van der Waals surface area (Å²) in [5.74, 6) is -1.27. The van der Waals surface area contributed by atoms with Crippen LogP contribution in [-0.2, 0) is 29.1 Å². The minimum Gasteiger partial charge on any atom is -0.469 e. The van der Waals surface area contributed by atoms with Gasteiger partial charge in [-0.15, -0.1) is 0 Å². The molecule has 1 rings (SSSR count). The average molecular weight is 343 g/mol. The highest BCUT2D eigenvalue weighted by atomic mass is 32.2. The number of rotatable bonds is 7. The number of nitrogens with zero attached hydrogens (tertiary/aromatic N) is 1. The molecule has 0 saturated carbocycles. The van der Waals surface area contributed by atoms with Gasteiger partial charge in [0, 0.05) is 6.54 Å². The molecule has 0 unspecified atom stereocenters. The van der Waals surface area contributed by atoms with Crippen molar-refractivity contribution in [1.29, 1.82) is 0 Å². The highest BCUT2D eigenvalue weighted by molar-refractivity contribution is 7.89. The quantitative estimate of drug-likeness (QED) is 0.687. The number of aryl methyl sites for hydroxylation is 2. The van der Waals surface area contributed by atoms with Crippen molar-refractivity contribution in [3.8, 4) is 0 Å². The molecule has 0 spiro atoms. The molecule has 0 amide bonds. The molecule has 128 valence electrons. The predicted molar refractivity (Wildman–Crippen MR) is 83.3 cm³/mol. The molecular formula is C15H21NO6S. The summed E-state index contributed by atoms with van der Waals surface area (Å²) in [6.07, 6.45) is -0.155. The van der Waals surface area contributed by atoms with E-state index < -0.39 is 28.5 Å². The first-order chi connectivity index (χ1) is 10.7. The van der Waals surface area contributed by atoms with Gasteiger partial charge < -0.3 is 9.47 Å². The standard InChI is InChI=1S/C15H21NO6S/c1-11-5-6-13(9-12(11)2)23(19,20)16(10-15(18)22-4)8-7-14(17)21-3/h5-6,9H,7-8,10H2,1-4H3. The van der Waals surface area contributed by atoms with Crippen molar-refractivity contribution in [3.63, 3.8) is 0 Å². The zero-order valence-corrected chi connectivity index (χ0v) is 14.5. The first-order valence-corrected chi connectivity index (χ1v) is 8.37. The Bertz CT molecular complexity index is 683. The van der Waals surface area contributed by atoms with Gasteiger partial charge in [-0.05, 0) is 37.1 Å². The van der Waals surface area contributed by atoms with Crippen molar-refractivity contribution < 1.29 is 27.5 Å². The van der Waals surface area contributed by atoms with Crippen molar-refractivity contribution in [1.82, 2.24) is 4.31 Å². The van der Waals surface area contributed by atoms with E-state index in [4.69, 9.17) is 0 Å².